The SMILES string of the molecule is N=C(N)c1cc(Cl)cc(C(=N)N)n1. The van der Waals surface area contributed by atoms with Crippen LogP contribution in [0.2, 0.25) is 5.02 Å². The molecule has 0 saturated heterocycles. The summed E-state index contributed by atoms with van der Waals surface area (Å²) in [5, 5.41) is 14.6. The Morgan fingerprint density at radius 1 is 1.15 bits per heavy atom. The van der Waals surface area contributed by atoms with Crippen molar-refractivity contribution in [3.63, 3.8) is 0 Å². The summed E-state index contributed by atoms with van der Waals surface area (Å²) in [4.78, 5) is 3.85. The molecule has 0 radical (unpaired) electrons. The molecule has 1 aromatic heterocycles. The number of amidine groups is 2. The van der Waals surface area contributed by atoms with Crippen LogP contribution in [-0.4, -0.2) is 16.7 Å². The molecule has 0 saturated carbocycles. The Bertz CT molecular complexity index is 341. The maximum atomic E-state index is 7.12. The average molecular weight is 198 g/mol. The van der Waals surface area contributed by atoms with E-state index in [9.17, 15) is 0 Å². The quantitative estimate of drug-likeness (QED) is 0.404. The molecule has 0 fully saturated rings. The monoisotopic (exact) mass is 197 g/mol. The molecule has 6 N–H and O–H groups in total. The first kappa shape index (κ1) is 9.47. The number of nitrogens with zero attached hydrogens (tertiary/aromatic N) is 1. The van der Waals surface area contributed by atoms with Gasteiger partial charge in [0.1, 0.15) is 23.1 Å². The van der Waals surface area contributed by atoms with Crippen molar-refractivity contribution in [2.24, 2.45) is 11.5 Å². The predicted octanol–water partition coefficient (Wildman–Crippen LogP) is 0.303. The summed E-state index contributed by atoms with van der Waals surface area (Å²) < 4.78 is 0. The number of halogens is 1. The lowest BCUT2D eigenvalue weighted by Crippen LogP contribution is -2.18. The summed E-state index contributed by atoms with van der Waals surface area (Å²) in [6, 6.07) is 2.88. The van der Waals surface area contributed by atoms with E-state index in [4.69, 9.17) is 33.9 Å². The van der Waals surface area contributed by atoms with Gasteiger partial charge in [0.05, 0.1) is 0 Å². The van der Waals surface area contributed by atoms with E-state index in [-0.39, 0.29) is 23.1 Å². The molecule has 0 aliphatic heterocycles. The summed E-state index contributed by atoms with van der Waals surface area (Å²) in [6.07, 6.45) is 0. The van der Waals surface area contributed by atoms with Crippen molar-refractivity contribution < 1.29 is 0 Å². The van der Waals surface area contributed by atoms with Crippen molar-refractivity contribution in [2.75, 3.05) is 0 Å². The van der Waals surface area contributed by atoms with E-state index >= 15 is 0 Å². The first-order chi connectivity index (χ1) is 6.00. The van der Waals surface area contributed by atoms with Gasteiger partial charge in [-0.25, -0.2) is 4.98 Å². The molecule has 0 atom stereocenters. The minimum atomic E-state index is -0.204. The molecule has 13 heavy (non-hydrogen) atoms. The zero-order valence-electron chi connectivity index (χ0n) is 6.63. The molecule has 0 unspecified atom stereocenters. The molecule has 0 aliphatic carbocycles. The molecule has 0 spiro atoms. The standard InChI is InChI=1S/C7H8ClN5/c8-3-1-4(6(9)10)13-5(2-3)7(11)12/h1-2H,(H3,9,10)(H3,11,12). The van der Waals surface area contributed by atoms with Crippen LogP contribution < -0.4 is 11.5 Å². The molecule has 6 heteroatoms. The van der Waals surface area contributed by atoms with Crippen LogP contribution in [0, 0.1) is 10.8 Å². The molecule has 1 heterocycles. The first-order valence-electron chi connectivity index (χ1n) is 3.37. The number of nitrogens with two attached hydrogens (primary N) is 2. The fourth-order valence-electron chi connectivity index (χ4n) is 0.773. The number of hydrogen-bond acceptors (Lipinski definition) is 3. The third kappa shape index (κ3) is 2.16. The highest BCUT2D eigenvalue weighted by atomic mass is 35.5. The Balaban J connectivity index is 3.26. The topological polar surface area (TPSA) is 113 Å². The second-order valence-corrected chi connectivity index (χ2v) is 2.82. The second-order valence-electron chi connectivity index (χ2n) is 2.38. The van der Waals surface area contributed by atoms with Crippen LogP contribution in [0.3, 0.4) is 0 Å². The van der Waals surface area contributed by atoms with Crippen LogP contribution in [0.25, 0.3) is 0 Å². The summed E-state index contributed by atoms with van der Waals surface area (Å²) >= 11 is 5.69. The van der Waals surface area contributed by atoms with Crippen LogP contribution in [0.1, 0.15) is 11.4 Å². The highest BCUT2D eigenvalue weighted by Crippen LogP contribution is 2.11. The van der Waals surface area contributed by atoms with Gasteiger partial charge in [0.2, 0.25) is 0 Å². The van der Waals surface area contributed by atoms with Crippen molar-refractivity contribution in [3.05, 3.63) is 28.5 Å². The predicted molar refractivity (Wildman–Crippen MR) is 51.3 cm³/mol. The smallest absolute Gasteiger partial charge is 0.141 e. The highest BCUT2D eigenvalue weighted by molar-refractivity contribution is 6.31. The lowest BCUT2D eigenvalue weighted by atomic mass is 10.2. The first-order valence-corrected chi connectivity index (χ1v) is 3.75. The lowest BCUT2D eigenvalue weighted by molar-refractivity contribution is 1.21. The molecule has 0 aliphatic rings. The van der Waals surface area contributed by atoms with Gasteiger partial charge in [-0.3, -0.25) is 10.8 Å². The van der Waals surface area contributed by atoms with E-state index in [1.54, 1.807) is 0 Å². The fraction of sp³-hybridized carbons (Fsp3) is 0. The Morgan fingerprint density at radius 3 is 1.85 bits per heavy atom. The van der Waals surface area contributed by atoms with Crippen molar-refractivity contribution in [2.45, 2.75) is 0 Å². The number of pyridine rings is 1. The number of nitrogen functional groups attached to an aromatic ring is 2. The molecule has 0 bridgehead atoms. The number of rotatable bonds is 2. The Morgan fingerprint density at radius 2 is 1.54 bits per heavy atom. The Kier molecular flexibility index (Phi) is 2.48. The minimum Gasteiger partial charge on any atom is -0.382 e. The Labute approximate surface area is 79.7 Å². The van der Waals surface area contributed by atoms with Crippen LogP contribution >= 0.6 is 11.6 Å². The molecule has 0 amide bonds. The van der Waals surface area contributed by atoms with Crippen molar-refractivity contribution in [1.29, 1.82) is 10.8 Å². The van der Waals surface area contributed by atoms with E-state index in [1.807, 2.05) is 0 Å². The molecule has 68 valence electrons. The third-order valence-electron chi connectivity index (χ3n) is 1.34. The van der Waals surface area contributed by atoms with E-state index in [0.29, 0.717) is 5.02 Å². The van der Waals surface area contributed by atoms with Crippen molar-refractivity contribution in [1.82, 2.24) is 4.98 Å². The van der Waals surface area contributed by atoms with E-state index in [1.165, 1.54) is 12.1 Å². The third-order valence-corrected chi connectivity index (χ3v) is 1.56. The summed E-state index contributed by atoms with van der Waals surface area (Å²) in [7, 11) is 0. The van der Waals surface area contributed by atoms with Crippen LogP contribution in [0.15, 0.2) is 12.1 Å². The normalized spacial score (nSPS) is 9.62. The van der Waals surface area contributed by atoms with E-state index in [0.717, 1.165) is 0 Å². The molecule has 5 nitrogen and oxygen atoms in total. The largest absolute Gasteiger partial charge is 0.382 e. The van der Waals surface area contributed by atoms with Gasteiger partial charge in [0.25, 0.3) is 0 Å². The van der Waals surface area contributed by atoms with Gasteiger partial charge in [-0.2, -0.15) is 0 Å². The lowest BCUT2D eigenvalue weighted by Gasteiger charge is -2.02. The fourth-order valence-corrected chi connectivity index (χ4v) is 0.980. The molecular formula is C7H8ClN5. The Hall–Kier alpha value is -1.62. The summed E-state index contributed by atoms with van der Waals surface area (Å²) in [5.41, 5.74) is 10.8. The van der Waals surface area contributed by atoms with Gasteiger partial charge in [-0.15, -0.1) is 0 Å². The van der Waals surface area contributed by atoms with Crippen molar-refractivity contribution >= 4 is 23.3 Å². The van der Waals surface area contributed by atoms with Crippen LogP contribution in [-0.2, 0) is 0 Å². The number of hydrogen-bond donors (Lipinski definition) is 4. The molecule has 1 aromatic rings. The number of aromatic nitrogens is 1. The summed E-state index contributed by atoms with van der Waals surface area (Å²) in [6.45, 7) is 0. The van der Waals surface area contributed by atoms with E-state index in [2.05, 4.69) is 4.98 Å². The van der Waals surface area contributed by atoms with Gasteiger partial charge in [0.15, 0.2) is 0 Å². The average Bonchev–Trinajstić information content (AvgIpc) is 2.03. The molecular weight excluding hydrogens is 190 g/mol. The van der Waals surface area contributed by atoms with Gasteiger partial charge in [-0.1, -0.05) is 11.6 Å². The summed E-state index contributed by atoms with van der Waals surface area (Å²) in [5.74, 6) is -0.407. The maximum absolute atomic E-state index is 7.12. The number of nitrogens with one attached hydrogen (secondary N) is 2. The molecule has 0 aromatic carbocycles. The zero-order valence-corrected chi connectivity index (χ0v) is 7.39. The minimum absolute atomic E-state index is 0.204. The van der Waals surface area contributed by atoms with E-state index < -0.39 is 0 Å². The maximum Gasteiger partial charge on any atom is 0.141 e. The molecule has 1 rings (SSSR count). The van der Waals surface area contributed by atoms with Crippen LogP contribution in [0.4, 0.5) is 0 Å². The van der Waals surface area contributed by atoms with Gasteiger partial charge in [-0.05, 0) is 12.1 Å². The van der Waals surface area contributed by atoms with Gasteiger partial charge in [0, 0.05) is 5.02 Å². The highest BCUT2D eigenvalue weighted by Gasteiger charge is 2.05. The van der Waals surface area contributed by atoms with Gasteiger partial charge >= 0.3 is 0 Å². The second kappa shape index (κ2) is 3.40. The van der Waals surface area contributed by atoms with Gasteiger partial charge < -0.3 is 11.5 Å². The zero-order chi connectivity index (χ0) is 10.0. The van der Waals surface area contributed by atoms with Crippen molar-refractivity contribution in [3.8, 4) is 0 Å². The van der Waals surface area contributed by atoms with Crippen LogP contribution in [0.5, 0.6) is 0 Å².